The van der Waals surface area contributed by atoms with Gasteiger partial charge in [0.25, 0.3) is 11.9 Å². The number of benzene rings is 1. The van der Waals surface area contributed by atoms with Crippen LogP contribution in [0.25, 0.3) is 21.9 Å². The number of aryl methyl sites for hydroxylation is 1. The molecule has 4 heterocycles. The largest absolute Gasteiger partial charge is 0.306 e. The summed E-state index contributed by atoms with van der Waals surface area (Å²) in [6.07, 6.45) is 3.77. The molecule has 0 atom stereocenters. The second-order valence-electron chi connectivity index (χ2n) is 6.13. The van der Waals surface area contributed by atoms with E-state index < -0.39 is 0 Å². The summed E-state index contributed by atoms with van der Waals surface area (Å²) in [5, 5.41) is 9.03. The number of imidazole rings is 1. The van der Waals surface area contributed by atoms with Crippen LogP contribution in [0.1, 0.15) is 16.1 Å². The molecular formula is C19H14N6OS. The number of hydrogen-bond acceptors (Lipinski definition) is 5. The number of thiazole rings is 1. The maximum absolute atomic E-state index is 12.6. The smallest absolute Gasteiger partial charge is 0.258 e. The minimum atomic E-state index is -0.266. The number of nitrogens with zero attached hydrogens (tertiary/aromatic N) is 5. The van der Waals surface area contributed by atoms with Gasteiger partial charge in [0, 0.05) is 28.9 Å². The van der Waals surface area contributed by atoms with Crippen molar-refractivity contribution in [2.45, 2.75) is 6.92 Å². The highest BCUT2D eigenvalue weighted by Gasteiger charge is 2.13. The first-order valence-corrected chi connectivity index (χ1v) is 9.22. The van der Waals surface area contributed by atoms with E-state index in [9.17, 15) is 4.79 Å². The first kappa shape index (κ1) is 15.7. The Labute approximate surface area is 157 Å². The molecule has 0 radical (unpaired) electrons. The molecule has 8 heteroatoms. The zero-order chi connectivity index (χ0) is 18.4. The molecule has 0 aliphatic carbocycles. The van der Waals surface area contributed by atoms with Crippen LogP contribution in [0.4, 0.5) is 5.95 Å². The number of nitrogens with one attached hydrogen (secondary N) is 1. The van der Waals surface area contributed by atoms with E-state index >= 15 is 0 Å². The molecule has 5 aromatic rings. The van der Waals surface area contributed by atoms with Gasteiger partial charge >= 0.3 is 0 Å². The molecule has 4 aromatic heterocycles. The standard InChI is InChI=1S/C19H14N6OS/c1-12-11-27-19-22-18(23-25(12)19)21-17(26)14-7-8-24-10-15(20-16(24)9-14)13-5-3-2-4-6-13/h2-11H,1H3,(H,21,23,26). The average Bonchev–Trinajstić information content (AvgIpc) is 3.37. The molecule has 0 saturated carbocycles. The fourth-order valence-corrected chi connectivity index (χ4v) is 3.69. The lowest BCUT2D eigenvalue weighted by atomic mass is 10.2. The lowest BCUT2D eigenvalue weighted by molar-refractivity contribution is 0.102. The van der Waals surface area contributed by atoms with Gasteiger partial charge in [-0.15, -0.1) is 16.4 Å². The van der Waals surface area contributed by atoms with Crippen LogP contribution in [0, 0.1) is 6.92 Å². The number of amides is 1. The minimum absolute atomic E-state index is 0.266. The molecule has 7 nitrogen and oxygen atoms in total. The van der Waals surface area contributed by atoms with Gasteiger partial charge in [-0.25, -0.2) is 9.50 Å². The third kappa shape index (κ3) is 2.76. The fourth-order valence-electron chi connectivity index (χ4n) is 2.89. The molecule has 0 saturated heterocycles. The zero-order valence-corrected chi connectivity index (χ0v) is 15.1. The van der Waals surface area contributed by atoms with Crippen LogP contribution in [-0.4, -0.2) is 29.9 Å². The summed E-state index contributed by atoms with van der Waals surface area (Å²) in [4.78, 5) is 22.3. The number of carbonyl (C=O) groups is 1. The Balaban J connectivity index is 1.44. The van der Waals surface area contributed by atoms with Crippen LogP contribution in [0.5, 0.6) is 0 Å². The van der Waals surface area contributed by atoms with E-state index in [0.29, 0.717) is 17.2 Å². The number of aromatic nitrogens is 5. The molecule has 1 aromatic carbocycles. The Kier molecular flexibility index (Phi) is 3.51. The second kappa shape index (κ2) is 6.03. The number of carbonyl (C=O) groups excluding carboxylic acids is 1. The van der Waals surface area contributed by atoms with E-state index in [1.54, 1.807) is 16.6 Å². The average molecular weight is 374 g/mol. The van der Waals surface area contributed by atoms with Gasteiger partial charge < -0.3 is 4.40 Å². The number of fused-ring (bicyclic) bond motifs is 2. The summed E-state index contributed by atoms with van der Waals surface area (Å²) in [6.45, 7) is 1.94. The van der Waals surface area contributed by atoms with Crippen LogP contribution < -0.4 is 5.32 Å². The molecule has 0 aliphatic rings. The fraction of sp³-hybridized carbons (Fsp3) is 0.0526. The molecule has 1 N–H and O–H groups in total. The third-order valence-electron chi connectivity index (χ3n) is 4.26. The van der Waals surface area contributed by atoms with Crippen molar-refractivity contribution in [2.24, 2.45) is 0 Å². The predicted octanol–water partition coefficient (Wildman–Crippen LogP) is 3.67. The third-order valence-corrected chi connectivity index (χ3v) is 5.20. The summed E-state index contributed by atoms with van der Waals surface area (Å²) in [6, 6.07) is 13.4. The van der Waals surface area contributed by atoms with Gasteiger partial charge in [-0.05, 0) is 19.1 Å². The van der Waals surface area contributed by atoms with Gasteiger partial charge in [-0.3, -0.25) is 10.1 Å². The molecular weight excluding hydrogens is 360 g/mol. The topological polar surface area (TPSA) is 76.6 Å². The summed E-state index contributed by atoms with van der Waals surface area (Å²) in [5.74, 6) is 0.0285. The van der Waals surface area contributed by atoms with Crippen molar-refractivity contribution < 1.29 is 4.79 Å². The van der Waals surface area contributed by atoms with Crippen molar-refractivity contribution in [3.8, 4) is 11.3 Å². The number of hydrogen-bond donors (Lipinski definition) is 1. The van der Waals surface area contributed by atoms with Crippen molar-refractivity contribution in [3.05, 3.63) is 71.5 Å². The van der Waals surface area contributed by atoms with Gasteiger partial charge in [0.05, 0.1) is 11.4 Å². The Hall–Kier alpha value is -3.52. The molecule has 132 valence electrons. The predicted molar refractivity (Wildman–Crippen MR) is 104 cm³/mol. The quantitative estimate of drug-likeness (QED) is 0.523. The highest BCUT2D eigenvalue weighted by Crippen LogP contribution is 2.20. The maximum atomic E-state index is 12.6. The molecule has 0 unspecified atom stereocenters. The van der Waals surface area contributed by atoms with Crippen molar-refractivity contribution in [2.75, 3.05) is 5.32 Å². The molecule has 0 fully saturated rings. The van der Waals surface area contributed by atoms with E-state index in [1.807, 2.05) is 59.4 Å². The Bertz CT molecular complexity index is 1280. The van der Waals surface area contributed by atoms with E-state index in [2.05, 4.69) is 20.4 Å². The summed E-state index contributed by atoms with van der Waals surface area (Å²) in [7, 11) is 0. The summed E-state index contributed by atoms with van der Waals surface area (Å²) in [5.41, 5.74) is 4.08. The molecule has 0 aliphatic heterocycles. The lowest BCUT2D eigenvalue weighted by Gasteiger charge is -2.01. The SMILES string of the molecule is Cc1csc2nc(NC(=O)c3ccn4cc(-c5ccccc5)nc4c3)nn12. The summed E-state index contributed by atoms with van der Waals surface area (Å²) < 4.78 is 3.61. The normalized spacial score (nSPS) is 11.3. The Morgan fingerprint density at radius 1 is 1.15 bits per heavy atom. The molecule has 0 bridgehead atoms. The van der Waals surface area contributed by atoms with Gasteiger partial charge in [0.1, 0.15) is 5.65 Å². The first-order chi connectivity index (χ1) is 13.2. The van der Waals surface area contributed by atoms with Gasteiger partial charge in [-0.2, -0.15) is 4.98 Å². The molecule has 0 spiro atoms. The van der Waals surface area contributed by atoms with Crippen LogP contribution >= 0.6 is 11.3 Å². The minimum Gasteiger partial charge on any atom is -0.306 e. The summed E-state index contributed by atoms with van der Waals surface area (Å²) >= 11 is 1.48. The van der Waals surface area contributed by atoms with Crippen molar-refractivity contribution >= 4 is 33.8 Å². The van der Waals surface area contributed by atoms with Crippen molar-refractivity contribution in [1.82, 2.24) is 24.0 Å². The molecule has 1 amide bonds. The van der Waals surface area contributed by atoms with E-state index in [4.69, 9.17) is 0 Å². The van der Waals surface area contributed by atoms with Gasteiger partial charge in [0.15, 0.2) is 0 Å². The van der Waals surface area contributed by atoms with Crippen molar-refractivity contribution in [1.29, 1.82) is 0 Å². The van der Waals surface area contributed by atoms with Gasteiger partial charge in [0.2, 0.25) is 4.96 Å². The van der Waals surface area contributed by atoms with E-state index in [0.717, 1.165) is 21.9 Å². The zero-order valence-electron chi connectivity index (χ0n) is 14.3. The Morgan fingerprint density at radius 2 is 2.00 bits per heavy atom. The van der Waals surface area contributed by atoms with Crippen LogP contribution in [0.3, 0.4) is 0 Å². The Morgan fingerprint density at radius 3 is 2.81 bits per heavy atom. The molecule has 5 rings (SSSR count). The number of rotatable bonds is 3. The molecule has 27 heavy (non-hydrogen) atoms. The van der Waals surface area contributed by atoms with E-state index in [-0.39, 0.29) is 5.91 Å². The highest BCUT2D eigenvalue weighted by atomic mass is 32.1. The van der Waals surface area contributed by atoms with Crippen molar-refractivity contribution in [3.63, 3.8) is 0 Å². The van der Waals surface area contributed by atoms with Crippen LogP contribution in [-0.2, 0) is 0 Å². The van der Waals surface area contributed by atoms with Crippen LogP contribution in [0.15, 0.2) is 60.2 Å². The highest BCUT2D eigenvalue weighted by molar-refractivity contribution is 7.15. The number of pyridine rings is 1. The first-order valence-electron chi connectivity index (χ1n) is 8.34. The van der Waals surface area contributed by atoms with E-state index in [1.165, 1.54) is 11.3 Å². The number of anilines is 1. The second-order valence-corrected chi connectivity index (χ2v) is 6.97. The van der Waals surface area contributed by atoms with Gasteiger partial charge in [-0.1, -0.05) is 30.3 Å². The van der Waals surface area contributed by atoms with Crippen LogP contribution in [0.2, 0.25) is 0 Å². The monoisotopic (exact) mass is 374 g/mol. The maximum Gasteiger partial charge on any atom is 0.258 e. The lowest BCUT2D eigenvalue weighted by Crippen LogP contribution is -2.13.